The molecule has 0 heterocycles. The molecule has 0 aliphatic carbocycles. The zero-order valence-corrected chi connectivity index (χ0v) is 12.7. The third-order valence-corrected chi connectivity index (χ3v) is 2.93. The van der Waals surface area contributed by atoms with Crippen LogP contribution in [0.2, 0.25) is 0 Å². The van der Waals surface area contributed by atoms with E-state index < -0.39 is 22.9 Å². The number of azo groups is 1. The maximum Gasteiger partial charge on any atom is 0.246 e. The zero-order chi connectivity index (χ0) is 13.0. The van der Waals surface area contributed by atoms with Crippen molar-refractivity contribution in [1.29, 1.82) is 0 Å². The molecule has 4 N–H and O–H groups in total. The van der Waals surface area contributed by atoms with E-state index in [-0.39, 0.29) is 24.8 Å². The molecule has 0 saturated heterocycles. The van der Waals surface area contributed by atoms with Crippen molar-refractivity contribution in [3.8, 4) is 0 Å². The highest BCUT2D eigenvalue weighted by Gasteiger charge is 2.33. The van der Waals surface area contributed by atoms with E-state index >= 15 is 0 Å². The lowest BCUT2D eigenvalue weighted by Gasteiger charge is -2.22. The van der Waals surface area contributed by atoms with Crippen molar-refractivity contribution in [1.82, 2.24) is 0 Å². The summed E-state index contributed by atoms with van der Waals surface area (Å²) in [6, 6.07) is 0. The van der Waals surface area contributed by atoms with Crippen LogP contribution in [0.4, 0.5) is 0 Å². The number of hydrogen-bond donors (Lipinski definition) is 2. The van der Waals surface area contributed by atoms with Gasteiger partial charge >= 0.3 is 0 Å². The van der Waals surface area contributed by atoms with Crippen molar-refractivity contribution in [2.75, 3.05) is 0 Å². The van der Waals surface area contributed by atoms with E-state index in [1.54, 1.807) is 27.7 Å². The van der Waals surface area contributed by atoms with E-state index in [0.717, 1.165) is 0 Å². The summed E-state index contributed by atoms with van der Waals surface area (Å²) in [5.74, 6) is -1.14. The van der Waals surface area contributed by atoms with Gasteiger partial charge in [0.15, 0.2) is 11.1 Å². The fourth-order valence-corrected chi connectivity index (χ4v) is 0.809. The first-order valence-corrected chi connectivity index (χ1v) is 5.25. The van der Waals surface area contributed by atoms with Crippen LogP contribution in [-0.4, -0.2) is 22.9 Å². The fraction of sp³-hybridized carbons (Fsp3) is 0.800. The summed E-state index contributed by atoms with van der Waals surface area (Å²) in [5.41, 5.74) is 8.28. The quantitative estimate of drug-likeness (QED) is 0.726. The molecule has 0 aromatic rings. The standard InChI is InChI=1S/C10H20N4O2.2ClH/c1-5-9(3,7(11)15)13-14-10(4,6-2)8(12)16;;/h5-6H2,1-4H3,(H2,11,15)(H2,12,16);2*1H. The van der Waals surface area contributed by atoms with Gasteiger partial charge in [0, 0.05) is 0 Å². The Hall–Kier alpha value is -0.880. The highest BCUT2D eigenvalue weighted by Crippen LogP contribution is 2.21. The fourth-order valence-electron chi connectivity index (χ4n) is 0.809. The molecule has 0 aromatic heterocycles. The summed E-state index contributed by atoms with van der Waals surface area (Å²) >= 11 is 0. The monoisotopic (exact) mass is 300 g/mol. The van der Waals surface area contributed by atoms with Gasteiger partial charge in [0.1, 0.15) is 0 Å². The highest BCUT2D eigenvalue weighted by atomic mass is 35.5. The molecular formula is C10H22Cl2N4O2. The van der Waals surface area contributed by atoms with Crippen LogP contribution in [0.5, 0.6) is 0 Å². The summed E-state index contributed by atoms with van der Waals surface area (Å²) in [5, 5.41) is 7.77. The smallest absolute Gasteiger partial charge is 0.246 e. The Labute approximate surface area is 120 Å². The van der Waals surface area contributed by atoms with Crippen molar-refractivity contribution < 1.29 is 9.59 Å². The highest BCUT2D eigenvalue weighted by molar-refractivity contribution is 5.86. The number of rotatable bonds is 6. The van der Waals surface area contributed by atoms with Gasteiger partial charge in [-0.25, -0.2) is 0 Å². The molecule has 0 aliphatic rings. The number of carbonyl (C=O) groups is 2. The Bertz CT molecular complexity index is 295. The summed E-state index contributed by atoms with van der Waals surface area (Å²) in [7, 11) is 0. The van der Waals surface area contributed by atoms with Crippen LogP contribution < -0.4 is 11.5 Å². The molecule has 8 heteroatoms. The molecular weight excluding hydrogens is 279 g/mol. The van der Waals surface area contributed by atoms with Gasteiger partial charge in [-0.05, 0) is 26.7 Å². The number of hydrogen-bond acceptors (Lipinski definition) is 4. The molecule has 0 bridgehead atoms. The number of nitrogens with two attached hydrogens (primary N) is 2. The molecule has 108 valence electrons. The second kappa shape index (κ2) is 8.26. The van der Waals surface area contributed by atoms with Crippen molar-refractivity contribution in [3.05, 3.63) is 0 Å². The lowest BCUT2D eigenvalue weighted by Crippen LogP contribution is -2.42. The summed E-state index contributed by atoms with van der Waals surface area (Å²) in [4.78, 5) is 22.4. The van der Waals surface area contributed by atoms with Crippen molar-refractivity contribution in [2.24, 2.45) is 21.7 Å². The molecule has 0 spiro atoms. The number of nitrogens with zero attached hydrogens (tertiary/aromatic N) is 2. The first-order valence-electron chi connectivity index (χ1n) is 5.25. The Morgan fingerprint density at radius 1 is 0.889 bits per heavy atom. The summed E-state index contributed by atoms with van der Waals surface area (Å²) in [6.07, 6.45) is 0.842. The van der Waals surface area contributed by atoms with E-state index in [0.29, 0.717) is 12.8 Å². The normalized spacial score (nSPS) is 16.9. The van der Waals surface area contributed by atoms with Crippen LogP contribution in [0.1, 0.15) is 40.5 Å². The average molecular weight is 301 g/mol. The van der Waals surface area contributed by atoms with Crippen molar-refractivity contribution in [2.45, 2.75) is 51.6 Å². The molecule has 2 atom stereocenters. The predicted molar refractivity (Wildman–Crippen MR) is 75.1 cm³/mol. The minimum absolute atomic E-state index is 0. The van der Waals surface area contributed by atoms with Crippen LogP contribution in [0.3, 0.4) is 0 Å². The molecule has 2 unspecified atom stereocenters. The van der Waals surface area contributed by atoms with E-state index in [1.807, 2.05) is 0 Å². The van der Waals surface area contributed by atoms with Gasteiger partial charge in [-0.1, -0.05) is 13.8 Å². The molecule has 6 nitrogen and oxygen atoms in total. The van der Waals surface area contributed by atoms with Crippen molar-refractivity contribution >= 4 is 36.6 Å². The first-order chi connectivity index (χ1) is 7.22. The van der Waals surface area contributed by atoms with Crippen LogP contribution in [0, 0.1) is 0 Å². The second-order valence-corrected chi connectivity index (χ2v) is 4.18. The largest absolute Gasteiger partial charge is 0.368 e. The number of carbonyl (C=O) groups excluding carboxylic acids is 2. The first kappa shape index (κ1) is 22.3. The maximum absolute atomic E-state index is 11.2. The molecule has 0 rings (SSSR count). The lowest BCUT2D eigenvalue weighted by molar-refractivity contribution is -0.124. The Kier molecular flexibility index (Phi) is 10.2. The molecule has 2 amide bonds. The maximum atomic E-state index is 11.2. The molecule has 0 aliphatic heterocycles. The van der Waals surface area contributed by atoms with E-state index in [9.17, 15) is 9.59 Å². The average Bonchev–Trinajstić information content (AvgIpc) is 2.24. The summed E-state index contributed by atoms with van der Waals surface area (Å²) < 4.78 is 0. The van der Waals surface area contributed by atoms with Crippen LogP contribution in [0.25, 0.3) is 0 Å². The number of amides is 2. The van der Waals surface area contributed by atoms with Gasteiger partial charge in [-0.3, -0.25) is 9.59 Å². The van der Waals surface area contributed by atoms with E-state index in [2.05, 4.69) is 10.2 Å². The number of halogens is 2. The summed E-state index contributed by atoms with van der Waals surface area (Å²) in [6.45, 7) is 6.71. The Morgan fingerprint density at radius 3 is 1.22 bits per heavy atom. The van der Waals surface area contributed by atoms with Gasteiger partial charge in [-0.15, -0.1) is 24.8 Å². The topological polar surface area (TPSA) is 111 Å². The SMILES string of the molecule is CCC(C)(N=NC(C)(CC)C(N)=O)C(N)=O.Cl.Cl. The van der Waals surface area contributed by atoms with Gasteiger partial charge in [0.2, 0.25) is 11.8 Å². The third-order valence-electron chi connectivity index (χ3n) is 2.93. The van der Waals surface area contributed by atoms with Crippen LogP contribution >= 0.6 is 24.8 Å². The van der Waals surface area contributed by atoms with Gasteiger partial charge in [-0.2, -0.15) is 10.2 Å². The van der Waals surface area contributed by atoms with Gasteiger partial charge in [0.05, 0.1) is 0 Å². The van der Waals surface area contributed by atoms with Crippen LogP contribution in [-0.2, 0) is 9.59 Å². The number of primary amides is 2. The molecule has 0 fully saturated rings. The Balaban J connectivity index is -0.00000112. The minimum atomic E-state index is -1.08. The molecule has 0 aromatic carbocycles. The Morgan fingerprint density at radius 2 is 1.11 bits per heavy atom. The van der Waals surface area contributed by atoms with E-state index in [4.69, 9.17) is 11.5 Å². The molecule has 0 saturated carbocycles. The van der Waals surface area contributed by atoms with Crippen LogP contribution in [0.15, 0.2) is 10.2 Å². The molecule has 18 heavy (non-hydrogen) atoms. The second-order valence-electron chi connectivity index (χ2n) is 4.18. The van der Waals surface area contributed by atoms with Crippen molar-refractivity contribution in [3.63, 3.8) is 0 Å². The van der Waals surface area contributed by atoms with Gasteiger partial charge < -0.3 is 11.5 Å². The molecule has 0 radical (unpaired) electrons. The minimum Gasteiger partial charge on any atom is -0.368 e. The van der Waals surface area contributed by atoms with Gasteiger partial charge in [0.25, 0.3) is 0 Å². The zero-order valence-electron chi connectivity index (χ0n) is 11.1. The third kappa shape index (κ3) is 5.18. The van der Waals surface area contributed by atoms with E-state index in [1.165, 1.54) is 0 Å². The lowest BCUT2D eigenvalue weighted by atomic mass is 9.98. The predicted octanol–water partition coefficient (Wildman–Crippen LogP) is 1.59.